The Kier molecular flexibility index (Phi) is 8.49. The molecule has 0 bridgehead atoms. The van der Waals surface area contributed by atoms with E-state index in [9.17, 15) is 18.0 Å². The Morgan fingerprint density at radius 1 is 1.06 bits per heavy atom. The molecule has 0 heterocycles. The predicted molar refractivity (Wildman–Crippen MR) is 133 cm³/mol. The lowest BCUT2D eigenvalue weighted by atomic mass is 9.87. The summed E-state index contributed by atoms with van der Waals surface area (Å²) in [4.78, 5) is 26.3. The van der Waals surface area contributed by atoms with Crippen LogP contribution >= 0.6 is 0 Å². The molecule has 0 spiro atoms. The van der Waals surface area contributed by atoms with E-state index in [0.29, 0.717) is 13.1 Å². The van der Waals surface area contributed by atoms with E-state index in [1.165, 1.54) is 22.0 Å². The summed E-state index contributed by atoms with van der Waals surface area (Å²) in [6.45, 7) is 7.98. The third kappa shape index (κ3) is 5.67. The highest BCUT2D eigenvalue weighted by Crippen LogP contribution is 2.29. The monoisotopic (exact) mass is 485 g/mol. The SMILES string of the molecule is CCN(CC)S(=O)(=O)c1cccc(C(=O)N[C@H](C(=O)NC2CCCc3ccccc32)C(C)C)c1. The Hall–Kier alpha value is -2.71. The number of aryl methyl sites for hydroxylation is 1. The minimum absolute atomic E-state index is 0.0632. The van der Waals surface area contributed by atoms with E-state index in [4.69, 9.17) is 0 Å². The van der Waals surface area contributed by atoms with Gasteiger partial charge in [-0.15, -0.1) is 0 Å². The van der Waals surface area contributed by atoms with Crippen LogP contribution in [0, 0.1) is 5.92 Å². The zero-order valence-corrected chi connectivity index (χ0v) is 21.2. The van der Waals surface area contributed by atoms with Crippen molar-refractivity contribution >= 4 is 21.8 Å². The van der Waals surface area contributed by atoms with E-state index in [2.05, 4.69) is 16.7 Å². The van der Waals surface area contributed by atoms with Crippen LogP contribution in [0.1, 0.15) is 68.1 Å². The smallest absolute Gasteiger partial charge is 0.251 e. The van der Waals surface area contributed by atoms with E-state index in [1.807, 2.05) is 32.0 Å². The van der Waals surface area contributed by atoms with Gasteiger partial charge < -0.3 is 10.6 Å². The highest BCUT2D eigenvalue weighted by molar-refractivity contribution is 7.89. The van der Waals surface area contributed by atoms with E-state index in [-0.39, 0.29) is 28.3 Å². The fourth-order valence-corrected chi connectivity index (χ4v) is 5.94. The van der Waals surface area contributed by atoms with Gasteiger partial charge in [-0.2, -0.15) is 4.31 Å². The summed E-state index contributed by atoms with van der Waals surface area (Å²) >= 11 is 0. The van der Waals surface area contributed by atoms with Crippen molar-refractivity contribution in [2.45, 2.75) is 63.9 Å². The number of hydrogen-bond donors (Lipinski definition) is 2. The topological polar surface area (TPSA) is 95.6 Å². The molecule has 2 atom stereocenters. The predicted octanol–water partition coefficient (Wildman–Crippen LogP) is 3.67. The van der Waals surface area contributed by atoms with Crippen LogP contribution in [0.15, 0.2) is 53.4 Å². The zero-order valence-electron chi connectivity index (χ0n) is 20.4. The van der Waals surface area contributed by atoms with Crippen LogP contribution in [-0.2, 0) is 21.2 Å². The lowest BCUT2D eigenvalue weighted by Gasteiger charge is -2.29. The molecule has 1 aliphatic rings. The molecule has 8 heteroatoms. The van der Waals surface area contributed by atoms with Crippen molar-refractivity contribution in [2.24, 2.45) is 5.92 Å². The second-order valence-electron chi connectivity index (χ2n) is 8.96. The molecule has 2 amide bonds. The van der Waals surface area contributed by atoms with Gasteiger partial charge in [0, 0.05) is 18.7 Å². The summed E-state index contributed by atoms with van der Waals surface area (Å²) in [6.07, 6.45) is 2.85. The van der Waals surface area contributed by atoms with Gasteiger partial charge in [-0.25, -0.2) is 8.42 Å². The fraction of sp³-hybridized carbons (Fsp3) is 0.462. The number of fused-ring (bicyclic) bond motifs is 1. The molecular formula is C26H35N3O4S. The molecule has 2 N–H and O–H groups in total. The maximum Gasteiger partial charge on any atom is 0.251 e. The average molecular weight is 486 g/mol. The standard InChI is InChI=1S/C26H35N3O4S/c1-5-29(6-2)34(32,33)21-14-9-13-20(17-21)25(30)28-24(18(3)4)26(31)27-23-16-10-12-19-11-7-8-15-22(19)23/h7-9,11,13-15,17-18,23-24H,5-6,10,12,16H2,1-4H3,(H,27,31)(H,28,30)/t23?,24-/m0/s1. The van der Waals surface area contributed by atoms with Crippen LogP contribution in [-0.4, -0.2) is 43.7 Å². The molecule has 7 nitrogen and oxygen atoms in total. The number of nitrogens with zero attached hydrogens (tertiary/aromatic N) is 1. The van der Waals surface area contributed by atoms with Gasteiger partial charge in [0.05, 0.1) is 10.9 Å². The van der Waals surface area contributed by atoms with Crippen molar-refractivity contribution in [3.63, 3.8) is 0 Å². The van der Waals surface area contributed by atoms with Crippen LogP contribution in [0.4, 0.5) is 0 Å². The van der Waals surface area contributed by atoms with Crippen molar-refractivity contribution in [1.29, 1.82) is 0 Å². The van der Waals surface area contributed by atoms with Crippen molar-refractivity contribution in [3.05, 3.63) is 65.2 Å². The summed E-state index contributed by atoms with van der Waals surface area (Å²) in [7, 11) is -3.69. The molecule has 0 radical (unpaired) electrons. The Bertz CT molecular complexity index is 1130. The molecule has 34 heavy (non-hydrogen) atoms. The Morgan fingerprint density at radius 3 is 2.44 bits per heavy atom. The average Bonchev–Trinajstić information content (AvgIpc) is 2.83. The number of carbonyl (C=O) groups is 2. The third-order valence-electron chi connectivity index (χ3n) is 6.36. The number of carbonyl (C=O) groups excluding carboxylic acids is 2. The lowest BCUT2D eigenvalue weighted by Crippen LogP contribution is -2.50. The molecule has 0 saturated heterocycles. The number of benzene rings is 2. The molecule has 0 saturated carbocycles. The van der Waals surface area contributed by atoms with E-state index < -0.39 is 22.0 Å². The molecule has 0 aromatic heterocycles. The first-order chi connectivity index (χ1) is 16.2. The third-order valence-corrected chi connectivity index (χ3v) is 8.41. The van der Waals surface area contributed by atoms with Gasteiger partial charge in [-0.1, -0.05) is 58.0 Å². The van der Waals surface area contributed by atoms with Gasteiger partial charge >= 0.3 is 0 Å². The van der Waals surface area contributed by atoms with E-state index in [1.54, 1.807) is 26.0 Å². The molecule has 0 fully saturated rings. The summed E-state index contributed by atoms with van der Waals surface area (Å²) in [5, 5.41) is 5.95. The van der Waals surface area contributed by atoms with E-state index >= 15 is 0 Å². The van der Waals surface area contributed by atoms with Crippen LogP contribution < -0.4 is 10.6 Å². The van der Waals surface area contributed by atoms with Crippen LogP contribution in [0.25, 0.3) is 0 Å². The number of hydrogen-bond acceptors (Lipinski definition) is 4. The Labute approximate surface area is 203 Å². The van der Waals surface area contributed by atoms with Crippen molar-refractivity contribution < 1.29 is 18.0 Å². The Balaban J connectivity index is 1.77. The minimum atomic E-state index is -3.69. The summed E-state index contributed by atoms with van der Waals surface area (Å²) in [6, 6.07) is 13.3. The quantitative estimate of drug-likeness (QED) is 0.567. The lowest BCUT2D eigenvalue weighted by molar-refractivity contribution is -0.124. The summed E-state index contributed by atoms with van der Waals surface area (Å²) < 4.78 is 27.1. The highest BCUT2D eigenvalue weighted by atomic mass is 32.2. The van der Waals surface area contributed by atoms with Crippen LogP contribution in [0.3, 0.4) is 0 Å². The molecule has 1 aliphatic carbocycles. The molecule has 2 aromatic rings. The normalized spacial score (nSPS) is 16.7. The Morgan fingerprint density at radius 2 is 1.76 bits per heavy atom. The van der Waals surface area contributed by atoms with E-state index in [0.717, 1.165) is 24.8 Å². The molecule has 1 unspecified atom stereocenters. The second kappa shape index (κ2) is 11.1. The molecule has 184 valence electrons. The molecular weight excluding hydrogens is 450 g/mol. The largest absolute Gasteiger partial charge is 0.347 e. The number of nitrogens with one attached hydrogen (secondary N) is 2. The molecule has 3 rings (SSSR count). The summed E-state index contributed by atoms with van der Waals surface area (Å²) in [5.41, 5.74) is 2.58. The maximum absolute atomic E-state index is 13.2. The van der Waals surface area contributed by atoms with Crippen LogP contribution in [0.5, 0.6) is 0 Å². The van der Waals surface area contributed by atoms with Gasteiger partial charge in [0.25, 0.3) is 5.91 Å². The number of rotatable bonds is 9. The first kappa shape index (κ1) is 25.9. The van der Waals surface area contributed by atoms with Crippen LogP contribution in [0.2, 0.25) is 0 Å². The highest BCUT2D eigenvalue weighted by Gasteiger charge is 2.29. The number of sulfonamides is 1. The van der Waals surface area contributed by atoms with Gasteiger partial charge in [0.2, 0.25) is 15.9 Å². The minimum Gasteiger partial charge on any atom is -0.347 e. The zero-order chi connectivity index (χ0) is 24.9. The van der Waals surface area contributed by atoms with Gasteiger partial charge in [-0.3, -0.25) is 9.59 Å². The molecule has 0 aliphatic heterocycles. The van der Waals surface area contributed by atoms with Crippen molar-refractivity contribution in [2.75, 3.05) is 13.1 Å². The maximum atomic E-state index is 13.2. The number of amides is 2. The molecule has 2 aromatic carbocycles. The summed E-state index contributed by atoms with van der Waals surface area (Å²) in [5.74, 6) is -0.864. The van der Waals surface area contributed by atoms with Gasteiger partial charge in [0.15, 0.2) is 0 Å². The van der Waals surface area contributed by atoms with Crippen molar-refractivity contribution in [3.8, 4) is 0 Å². The van der Waals surface area contributed by atoms with Gasteiger partial charge in [0.1, 0.15) is 6.04 Å². The van der Waals surface area contributed by atoms with Crippen molar-refractivity contribution in [1.82, 2.24) is 14.9 Å². The second-order valence-corrected chi connectivity index (χ2v) is 10.9. The van der Waals surface area contributed by atoms with Gasteiger partial charge in [-0.05, 0) is 54.5 Å². The first-order valence-corrected chi connectivity index (χ1v) is 13.4. The first-order valence-electron chi connectivity index (χ1n) is 12.0. The fourth-order valence-electron chi connectivity index (χ4n) is 4.44.